The summed E-state index contributed by atoms with van der Waals surface area (Å²) in [5, 5.41) is 0. The lowest BCUT2D eigenvalue weighted by molar-refractivity contribution is -0.236. The summed E-state index contributed by atoms with van der Waals surface area (Å²) in [5.41, 5.74) is 0. The van der Waals surface area contributed by atoms with Crippen molar-refractivity contribution in [3.63, 3.8) is 0 Å². The van der Waals surface area contributed by atoms with Gasteiger partial charge in [-0.15, -0.1) is 6.42 Å². The Labute approximate surface area is 102 Å². The molecular weight excluding hydrogens is 224 g/mol. The first-order valence-electron chi connectivity index (χ1n) is 5.42. The van der Waals surface area contributed by atoms with Gasteiger partial charge in [-0.05, 0) is 0 Å². The zero-order valence-corrected chi connectivity index (χ0v) is 10.7. The molecule has 1 aliphatic rings. The Morgan fingerprint density at radius 3 is 2.00 bits per heavy atom. The molecule has 0 radical (unpaired) electrons. The van der Waals surface area contributed by atoms with Crippen LogP contribution in [0.3, 0.4) is 0 Å². The number of hydrogen-bond acceptors (Lipinski definition) is 5. The fraction of sp³-hybridized carbons (Fsp3) is 0.833. The minimum Gasteiger partial charge on any atom is -0.382 e. The standard InChI is InChI=1S/C12H20O5/c1-6-8-10(14-3)12(16-5)11(15-4)9(17-8)7-13-2/h1,8-12H,7H2,2-5H3/t8-,9-,10+,11-,12-/m1/s1. The van der Waals surface area contributed by atoms with Crippen molar-refractivity contribution in [2.24, 2.45) is 0 Å². The third-order valence-corrected chi connectivity index (χ3v) is 2.95. The molecule has 0 N–H and O–H groups in total. The van der Waals surface area contributed by atoms with Gasteiger partial charge in [0.15, 0.2) is 0 Å². The highest BCUT2D eigenvalue weighted by molar-refractivity contribution is 5.07. The molecule has 17 heavy (non-hydrogen) atoms. The van der Waals surface area contributed by atoms with Crippen molar-refractivity contribution >= 4 is 0 Å². The van der Waals surface area contributed by atoms with E-state index >= 15 is 0 Å². The molecule has 1 rings (SSSR count). The second kappa shape index (κ2) is 6.94. The minimum atomic E-state index is -0.462. The van der Waals surface area contributed by atoms with Gasteiger partial charge in [-0.3, -0.25) is 0 Å². The van der Waals surface area contributed by atoms with Gasteiger partial charge in [-0.1, -0.05) is 5.92 Å². The van der Waals surface area contributed by atoms with Crippen LogP contribution in [0.2, 0.25) is 0 Å². The SMILES string of the molecule is C#C[C@H]1O[C@H](COC)[C@@H](OC)[C@H](OC)[C@H]1OC. The van der Waals surface area contributed by atoms with Crippen molar-refractivity contribution in [1.82, 2.24) is 0 Å². The zero-order chi connectivity index (χ0) is 12.8. The first kappa shape index (κ1) is 14.4. The summed E-state index contributed by atoms with van der Waals surface area (Å²) < 4.78 is 27.0. The average molecular weight is 244 g/mol. The van der Waals surface area contributed by atoms with Crippen LogP contribution in [0, 0.1) is 12.3 Å². The molecule has 0 aromatic rings. The minimum absolute atomic E-state index is 0.262. The van der Waals surface area contributed by atoms with Gasteiger partial charge in [0.2, 0.25) is 0 Å². The Kier molecular flexibility index (Phi) is 5.89. The van der Waals surface area contributed by atoms with E-state index in [0.717, 1.165) is 0 Å². The molecule has 98 valence electrons. The van der Waals surface area contributed by atoms with Gasteiger partial charge in [0, 0.05) is 28.4 Å². The van der Waals surface area contributed by atoms with Crippen molar-refractivity contribution in [3.05, 3.63) is 0 Å². The second-order valence-electron chi connectivity index (χ2n) is 3.82. The summed E-state index contributed by atoms with van der Waals surface area (Å²) in [6, 6.07) is 0. The van der Waals surface area contributed by atoms with Crippen LogP contribution in [0.1, 0.15) is 0 Å². The number of terminal acetylenes is 1. The quantitative estimate of drug-likeness (QED) is 0.641. The van der Waals surface area contributed by atoms with Crippen molar-refractivity contribution in [1.29, 1.82) is 0 Å². The van der Waals surface area contributed by atoms with Crippen LogP contribution in [0.15, 0.2) is 0 Å². The van der Waals surface area contributed by atoms with Crippen LogP contribution >= 0.6 is 0 Å². The summed E-state index contributed by atoms with van der Waals surface area (Å²) in [6.07, 6.45) is 3.82. The molecule has 5 heteroatoms. The Morgan fingerprint density at radius 1 is 1.00 bits per heavy atom. The van der Waals surface area contributed by atoms with Gasteiger partial charge < -0.3 is 23.7 Å². The monoisotopic (exact) mass is 244 g/mol. The third-order valence-electron chi connectivity index (χ3n) is 2.95. The maximum atomic E-state index is 5.72. The van der Waals surface area contributed by atoms with Gasteiger partial charge in [0.25, 0.3) is 0 Å². The van der Waals surface area contributed by atoms with Crippen LogP contribution < -0.4 is 0 Å². The summed E-state index contributed by atoms with van der Waals surface area (Å²) in [7, 11) is 6.38. The maximum Gasteiger partial charge on any atom is 0.147 e. The normalized spacial score (nSPS) is 37.7. The van der Waals surface area contributed by atoms with Gasteiger partial charge >= 0.3 is 0 Å². The van der Waals surface area contributed by atoms with Crippen LogP contribution in [-0.2, 0) is 23.7 Å². The fourth-order valence-electron chi connectivity index (χ4n) is 2.16. The predicted octanol–water partition coefficient (Wildman–Crippen LogP) is 0.0784. The average Bonchev–Trinajstić information content (AvgIpc) is 2.37. The molecule has 1 fully saturated rings. The molecule has 1 aliphatic heterocycles. The first-order chi connectivity index (χ1) is 8.23. The highest BCUT2D eigenvalue weighted by Crippen LogP contribution is 2.26. The van der Waals surface area contributed by atoms with E-state index in [9.17, 15) is 0 Å². The van der Waals surface area contributed by atoms with E-state index in [1.54, 1.807) is 28.4 Å². The lowest BCUT2D eigenvalue weighted by atomic mass is 9.95. The topological polar surface area (TPSA) is 46.2 Å². The molecule has 0 amide bonds. The van der Waals surface area contributed by atoms with Crippen molar-refractivity contribution < 1.29 is 23.7 Å². The van der Waals surface area contributed by atoms with E-state index in [0.29, 0.717) is 6.61 Å². The largest absolute Gasteiger partial charge is 0.382 e. The van der Waals surface area contributed by atoms with E-state index in [4.69, 9.17) is 30.1 Å². The molecule has 5 atom stereocenters. The molecule has 0 bridgehead atoms. The number of methoxy groups -OCH3 is 4. The van der Waals surface area contributed by atoms with E-state index in [1.165, 1.54) is 0 Å². The molecule has 1 heterocycles. The highest BCUT2D eigenvalue weighted by atomic mass is 16.6. The van der Waals surface area contributed by atoms with E-state index in [2.05, 4.69) is 5.92 Å². The van der Waals surface area contributed by atoms with Gasteiger partial charge in [-0.2, -0.15) is 0 Å². The number of rotatable bonds is 5. The molecule has 0 unspecified atom stereocenters. The van der Waals surface area contributed by atoms with Crippen LogP contribution in [0.5, 0.6) is 0 Å². The third kappa shape index (κ3) is 2.97. The van der Waals surface area contributed by atoms with Crippen LogP contribution in [0.25, 0.3) is 0 Å². The van der Waals surface area contributed by atoms with E-state index in [-0.39, 0.29) is 24.4 Å². The van der Waals surface area contributed by atoms with Crippen molar-refractivity contribution in [2.75, 3.05) is 35.0 Å². The fourth-order valence-corrected chi connectivity index (χ4v) is 2.16. The van der Waals surface area contributed by atoms with Crippen molar-refractivity contribution in [3.8, 4) is 12.3 Å². The maximum absolute atomic E-state index is 5.72. The Morgan fingerprint density at radius 2 is 1.59 bits per heavy atom. The van der Waals surface area contributed by atoms with Gasteiger partial charge in [0.05, 0.1) is 6.61 Å². The second-order valence-corrected chi connectivity index (χ2v) is 3.82. The Bertz CT molecular complexity index is 262. The Hall–Kier alpha value is -0.640. The van der Waals surface area contributed by atoms with Gasteiger partial charge in [0.1, 0.15) is 30.5 Å². The molecule has 0 aromatic carbocycles. The summed E-state index contributed by atoms with van der Waals surface area (Å²) >= 11 is 0. The zero-order valence-electron chi connectivity index (χ0n) is 10.7. The Balaban J connectivity index is 2.89. The molecule has 1 saturated heterocycles. The van der Waals surface area contributed by atoms with E-state index < -0.39 is 6.10 Å². The van der Waals surface area contributed by atoms with E-state index in [1.807, 2.05) is 0 Å². The smallest absolute Gasteiger partial charge is 0.147 e. The lowest BCUT2D eigenvalue weighted by Crippen LogP contribution is -2.60. The highest BCUT2D eigenvalue weighted by Gasteiger charge is 2.46. The molecule has 0 saturated carbocycles. The summed E-state index contributed by atoms with van der Waals surface area (Å²) in [6.45, 7) is 0.396. The summed E-state index contributed by atoms with van der Waals surface area (Å²) in [5.74, 6) is 2.56. The molecular formula is C12H20O5. The lowest BCUT2D eigenvalue weighted by Gasteiger charge is -2.43. The predicted molar refractivity (Wildman–Crippen MR) is 61.8 cm³/mol. The van der Waals surface area contributed by atoms with Gasteiger partial charge in [-0.25, -0.2) is 0 Å². The molecule has 0 aliphatic carbocycles. The number of ether oxygens (including phenoxy) is 5. The van der Waals surface area contributed by atoms with Crippen molar-refractivity contribution in [2.45, 2.75) is 30.5 Å². The summed E-state index contributed by atoms with van der Waals surface area (Å²) in [4.78, 5) is 0. The molecule has 0 spiro atoms. The molecule has 0 aromatic heterocycles. The van der Waals surface area contributed by atoms with Crippen LogP contribution in [-0.4, -0.2) is 65.6 Å². The number of hydrogen-bond donors (Lipinski definition) is 0. The molecule has 5 nitrogen and oxygen atoms in total. The first-order valence-corrected chi connectivity index (χ1v) is 5.42. The van der Waals surface area contributed by atoms with Crippen LogP contribution in [0.4, 0.5) is 0 Å².